The van der Waals surface area contributed by atoms with E-state index >= 15 is 0 Å². The Morgan fingerprint density at radius 3 is 2.83 bits per heavy atom. The number of halogens is 1. The Bertz CT molecular complexity index is 377. The van der Waals surface area contributed by atoms with E-state index in [0.717, 1.165) is 11.5 Å². The van der Waals surface area contributed by atoms with E-state index in [-0.39, 0.29) is 11.9 Å². The van der Waals surface area contributed by atoms with Crippen LogP contribution in [0.3, 0.4) is 0 Å². The van der Waals surface area contributed by atoms with Crippen LogP contribution < -0.4 is 5.32 Å². The minimum Gasteiger partial charge on any atom is -0.307 e. The largest absolute Gasteiger partial charge is 0.307 e. The van der Waals surface area contributed by atoms with Crippen molar-refractivity contribution in [3.8, 4) is 0 Å². The van der Waals surface area contributed by atoms with Crippen molar-refractivity contribution in [3.63, 3.8) is 0 Å². The fraction of sp³-hybridized carbons (Fsp3) is 0.625. The monoisotopic (exact) mass is 249 g/mol. The molecule has 3 atom stereocenters. The summed E-state index contributed by atoms with van der Waals surface area (Å²) in [5.74, 6) is 0.645. The van der Waals surface area contributed by atoms with Gasteiger partial charge in [-0.3, -0.25) is 0 Å². The van der Waals surface area contributed by atoms with E-state index in [0.29, 0.717) is 6.04 Å². The fourth-order valence-corrected chi connectivity index (χ4v) is 3.11. The van der Waals surface area contributed by atoms with E-state index in [1.807, 2.05) is 6.07 Å². The molecular weight excluding hydrogens is 225 g/mol. The van der Waals surface area contributed by atoms with Gasteiger partial charge in [-0.25, -0.2) is 4.39 Å². The summed E-state index contributed by atoms with van der Waals surface area (Å²) in [6.45, 7) is 4.41. The normalized spacial score (nSPS) is 25.9. The molecule has 1 N–H and O–H groups in total. The highest BCUT2D eigenvalue weighted by molar-refractivity contribution is 5.19. The summed E-state index contributed by atoms with van der Waals surface area (Å²) in [6, 6.07) is 7.78. The van der Waals surface area contributed by atoms with Crippen molar-refractivity contribution in [3.05, 3.63) is 35.6 Å². The van der Waals surface area contributed by atoms with Crippen molar-refractivity contribution in [1.29, 1.82) is 0 Å². The zero-order chi connectivity index (χ0) is 13.0. The zero-order valence-electron chi connectivity index (χ0n) is 11.5. The lowest BCUT2D eigenvalue weighted by Gasteiger charge is -2.34. The van der Waals surface area contributed by atoms with E-state index in [1.54, 1.807) is 12.1 Å². The third kappa shape index (κ3) is 3.32. The van der Waals surface area contributed by atoms with Crippen molar-refractivity contribution in [2.75, 3.05) is 0 Å². The molecule has 0 spiro atoms. The molecule has 1 aromatic carbocycles. The molecule has 1 aliphatic rings. The molecule has 0 aliphatic heterocycles. The van der Waals surface area contributed by atoms with Gasteiger partial charge in [0, 0.05) is 12.1 Å². The second-order valence-electron chi connectivity index (χ2n) is 5.50. The molecule has 2 rings (SSSR count). The first kappa shape index (κ1) is 13.5. The quantitative estimate of drug-likeness (QED) is 0.831. The van der Waals surface area contributed by atoms with Crippen LogP contribution in [0.15, 0.2) is 24.3 Å². The molecule has 1 fully saturated rings. The molecule has 0 radical (unpaired) electrons. The SMILES string of the molecule is CCC1CCCCC1N[C@H](C)c1cccc(F)c1. The molecular formula is C16H24FN. The summed E-state index contributed by atoms with van der Waals surface area (Å²) in [6.07, 6.45) is 6.53. The average molecular weight is 249 g/mol. The molecule has 0 saturated heterocycles. The second kappa shape index (κ2) is 6.33. The van der Waals surface area contributed by atoms with E-state index < -0.39 is 0 Å². The fourth-order valence-electron chi connectivity index (χ4n) is 3.11. The Morgan fingerprint density at radius 1 is 1.33 bits per heavy atom. The topological polar surface area (TPSA) is 12.0 Å². The van der Waals surface area contributed by atoms with E-state index in [1.165, 1.54) is 38.2 Å². The maximum atomic E-state index is 13.2. The van der Waals surface area contributed by atoms with Crippen LogP contribution in [0, 0.1) is 11.7 Å². The van der Waals surface area contributed by atoms with Crippen LogP contribution in [0.1, 0.15) is 57.6 Å². The Hall–Kier alpha value is -0.890. The molecule has 1 nitrogen and oxygen atoms in total. The van der Waals surface area contributed by atoms with E-state index in [9.17, 15) is 4.39 Å². The van der Waals surface area contributed by atoms with Crippen molar-refractivity contribution in [2.45, 2.75) is 58.0 Å². The number of rotatable bonds is 4. The first-order valence-corrected chi connectivity index (χ1v) is 7.22. The van der Waals surface area contributed by atoms with Crippen LogP contribution >= 0.6 is 0 Å². The van der Waals surface area contributed by atoms with Crippen LogP contribution in [0.4, 0.5) is 4.39 Å². The Morgan fingerprint density at radius 2 is 2.11 bits per heavy atom. The van der Waals surface area contributed by atoms with Gasteiger partial charge in [-0.1, -0.05) is 38.3 Å². The Kier molecular flexibility index (Phi) is 4.76. The maximum absolute atomic E-state index is 13.2. The highest BCUT2D eigenvalue weighted by Gasteiger charge is 2.24. The van der Waals surface area contributed by atoms with Crippen molar-refractivity contribution in [1.82, 2.24) is 5.32 Å². The van der Waals surface area contributed by atoms with Gasteiger partial charge in [0.25, 0.3) is 0 Å². The number of nitrogens with one attached hydrogen (secondary N) is 1. The molecule has 2 heteroatoms. The summed E-state index contributed by atoms with van der Waals surface area (Å²) < 4.78 is 13.2. The zero-order valence-corrected chi connectivity index (χ0v) is 11.5. The molecule has 100 valence electrons. The number of hydrogen-bond donors (Lipinski definition) is 1. The smallest absolute Gasteiger partial charge is 0.123 e. The summed E-state index contributed by atoms with van der Waals surface area (Å²) >= 11 is 0. The molecule has 0 heterocycles. The van der Waals surface area contributed by atoms with Gasteiger partial charge in [0.05, 0.1) is 0 Å². The van der Waals surface area contributed by atoms with Crippen molar-refractivity contribution < 1.29 is 4.39 Å². The van der Waals surface area contributed by atoms with Gasteiger partial charge < -0.3 is 5.32 Å². The molecule has 0 bridgehead atoms. The lowest BCUT2D eigenvalue weighted by molar-refractivity contribution is 0.240. The molecule has 1 saturated carbocycles. The highest BCUT2D eigenvalue weighted by Crippen LogP contribution is 2.28. The molecule has 18 heavy (non-hydrogen) atoms. The van der Waals surface area contributed by atoms with Gasteiger partial charge in [0.15, 0.2) is 0 Å². The van der Waals surface area contributed by atoms with Gasteiger partial charge in [0.2, 0.25) is 0 Å². The van der Waals surface area contributed by atoms with Crippen LogP contribution in [0.2, 0.25) is 0 Å². The first-order chi connectivity index (χ1) is 8.70. The van der Waals surface area contributed by atoms with Crippen molar-refractivity contribution >= 4 is 0 Å². The van der Waals surface area contributed by atoms with Gasteiger partial charge in [-0.15, -0.1) is 0 Å². The second-order valence-corrected chi connectivity index (χ2v) is 5.50. The van der Waals surface area contributed by atoms with Gasteiger partial charge in [-0.05, 0) is 43.4 Å². The minimum absolute atomic E-state index is 0.142. The van der Waals surface area contributed by atoms with Crippen LogP contribution in [0.25, 0.3) is 0 Å². The minimum atomic E-state index is -0.142. The molecule has 2 unspecified atom stereocenters. The van der Waals surface area contributed by atoms with Gasteiger partial charge in [0.1, 0.15) is 5.82 Å². The van der Waals surface area contributed by atoms with Crippen LogP contribution in [-0.2, 0) is 0 Å². The molecule has 1 aliphatic carbocycles. The molecule has 1 aromatic rings. The standard InChI is InChI=1S/C16H24FN/c1-3-13-7-4-5-10-16(13)18-12(2)14-8-6-9-15(17)11-14/h6,8-9,11-13,16,18H,3-5,7,10H2,1-2H3/t12-,13?,16?/m1/s1. The Balaban J connectivity index is 1.99. The first-order valence-electron chi connectivity index (χ1n) is 7.22. The maximum Gasteiger partial charge on any atom is 0.123 e. The molecule has 0 aromatic heterocycles. The summed E-state index contributed by atoms with van der Waals surface area (Å²) in [5.41, 5.74) is 1.05. The molecule has 0 amide bonds. The van der Waals surface area contributed by atoms with Gasteiger partial charge >= 0.3 is 0 Å². The summed E-state index contributed by atoms with van der Waals surface area (Å²) in [5, 5.41) is 3.70. The van der Waals surface area contributed by atoms with Crippen LogP contribution in [0.5, 0.6) is 0 Å². The predicted octanol–water partition coefficient (Wildman–Crippen LogP) is 4.45. The number of benzene rings is 1. The lowest BCUT2D eigenvalue weighted by atomic mass is 9.82. The van der Waals surface area contributed by atoms with Crippen LogP contribution in [-0.4, -0.2) is 6.04 Å². The number of hydrogen-bond acceptors (Lipinski definition) is 1. The summed E-state index contributed by atoms with van der Waals surface area (Å²) in [4.78, 5) is 0. The summed E-state index contributed by atoms with van der Waals surface area (Å²) in [7, 11) is 0. The third-order valence-corrected chi connectivity index (χ3v) is 4.25. The van der Waals surface area contributed by atoms with E-state index in [2.05, 4.69) is 19.2 Å². The average Bonchev–Trinajstić information content (AvgIpc) is 2.39. The third-order valence-electron chi connectivity index (χ3n) is 4.25. The Labute approximate surface area is 110 Å². The van der Waals surface area contributed by atoms with E-state index in [4.69, 9.17) is 0 Å². The lowest BCUT2D eigenvalue weighted by Crippen LogP contribution is -2.39. The predicted molar refractivity (Wildman–Crippen MR) is 74.0 cm³/mol. The van der Waals surface area contributed by atoms with Crippen molar-refractivity contribution in [2.24, 2.45) is 5.92 Å². The highest BCUT2D eigenvalue weighted by atomic mass is 19.1. The van der Waals surface area contributed by atoms with Gasteiger partial charge in [-0.2, -0.15) is 0 Å².